The van der Waals surface area contributed by atoms with Gasteiger partial charge in [0.2, 0.25) is 0 Å². The molecule has 0 aromatic heterocycles. The van der Waals surface area contributed by atoms with Crippen molar-refractivity contribution in [1.82, 2.24) is 5.32 Å². The molecular formula is C14H31NO. The number of rotatable bonds is 7. The second-order valence-corrected chi connectivity index (χ2v) is 6.71. The Morgan fingerprint density at radius 2 is 1.62 bits per heavy atom. The lowest BCUT2D eigenvalue weighted by Gasteiger charge is -2.27. The van der Waals surface area contributed by atoms with Crippen LogP contribution in [0.3, 0.4) is 0 Å². The molecule has 0 heterocycles. The van der Waals surface area contributed by atoms with Gasteiger partial charge in [0.25, 0.3) is 0 Å². The molecule has 0 aliphatic carbocycles. The topological polar surface area (TPSA) is 32.3 Å². The van der Waals surface area contributed by atoms with Gasteiger partial charge in [-0.1, -0.05) is 26.7 Å². The predicted octanol–water partition coefficient (Wildman–Crippen LogP) is 3.34. The average molecular weight is 229 g/mol. The maximum Gasteiger partial charge on any atom is 0.0631 e. The third-order valence-corrected chi connectivity index (χ3v) is 2.82. The van der Waals surface area contributed by atoms with E-state index in [0.29, 0.717) is 0 Å². The minimum absolute atomic E-state index is 0.147. The van der Waals surface area contributed by atoms with Crippen LogP contribution in [0.2, 0.25) is 0 Å². The largest absolute Gasteiger partial charge is 0.390 e. The van der Waals surface area contributed by atoms with Crippen LogP contribution in [0.25, 0.3) is 0 Å². The second-order valence-electron chi connectivity index (χ2n) is 6.71. The van der Waals surface area contributed by atoms with Crippen molar-refractivity contribution in [3.8, 4) is 0 Å². The van der Waals surface area contributed by atoms with Gasteiger partial charge in [-0.2, -0.15) is 0 Å². The van der Waals surface area contributed by atoms with E-state index in [2.05, 4.69) is 39.9 Å². The molecule has 2 heteroatoms. The van der Waals surface area contributed by atoms with Crippen LogP contribution in [-0.2, 0) is 0 Å². The van der Waals surface area contributed by atoms with Crippen LogP contribution in [0.15, 0.2) is 0 Å². The van der Waals surface area contributed by atoms with E-state index < -0.39 is 5.60 Å². The highest BCUT2D eigenvalue weighted by Gasteiger charge is 2.20. The summed E-state index contributed by atoms with van der Waals surface area (Å²) < 4.78 is 0. The summed E-state index contributed by atoms with van der Waals surface area (Å²) in [5.41, 5.74) is -0.360. The normalized spacial score (nSPS) is 16.5. The third-order valence-electron chi connectivity index (χ3n) is 2.82. The molecule has 0 rings (SSSR count). The molecule has 0 amide bonds. The Morgan fingerprint density at radius 1 is 1.06 bits per heavy atom. The molecule has 16 heavy (non-hydrogen) atoms. The standard InChI is InChI=1S/C14H31NO/c1-12(2)8-7-9-14(6,16)10-11-15-13(3,4)5/h12,15-16H,7-11H2,1-6H3. The molecule has 0 bridgehead atoms. The van der Waals surface area contributed by atoms with Crippen LogP contribution in [-0.4, -0.2) is 22.8 Å². The van der Waals surface area contributed by atoms with Gasteiger partial charge in [-0.15, -0.1) is 0 Å². The van der Waals surface area contributed by atoms with Crippen molar-refractivity contribution in [2.75, 3.05) is 6.54 Å². The van der Waals surface area contributed by atoms with Gasteiger partial charge in [0.15, 0.2) is 0 Å². The minimum atomic E-state index is -0.507. The molecule has 0 aromatic carbocycles. The van der Waals surface area contributed by atoms with Gasteiger partial charge in [0.05, 0.1) is 5.60 Å². The average Bonchev–Trinajstić information content (AvgIpc) is 1.99. The zero-order chi connectivity index (χ0) is 12.8. The summed E-state index contributed by atoms with van der Waals surface area (Å²) in [6.07, 6.45) is 4.09. The van der Waals surface area contributed by atoms with Crippen LogP contribution in [0.4, 0.5) is 0 Å². The number of hydrogen-bond donors (Lipinski definition) is 2. The van der Waals surface area contributed by atoms with Crippen molar-refractivity contribution < 1.29 is 5.11 Å². The van der Waals surface area contributed by atoms with Crippen molar-refractivity contribution >= 4 is 0 Å². The molecule has 1 atom stereocenters. The van der Waals surface area contributed by atoms with Gasteiger partial charge in [-0.3, -0.25) is 0 Å². The van der Waals surface area contributed by atoms with Gasteiger partial charge in [-0.25, -0.2) is 0 Å². The van der Waals surface area contributed by atoms with E-state index in [1.54, 1.807) is 0 Å². The van der Waals surface area contributed by atoms with Crippen LogP contribution in [0.5, 0.6) is 0 Å². The monoisotopic (exact) mass is 229 g/mol. The number of nitrogens with one attached hydrogen (secondary N) is 1. The van der Waals surface area contributed by atoms with E-state index in [0.717, 1.165) is 31.7 Å². The van der Waals surface area contributed by atoms with E-state index in [4.69, 9.17) is 0 Å². The Kier molecular flexibility index (Phi) is 6.57. The van der Waals surface area contributed by atoms with Crippen molar-refractivity contribution in [2.24, 2.45) is 5.92 Å². The van der Waals surface area contributed by atoms with Crippen molar-refractivity contribution in [1.29, 1.82) is 0 Å². The summed E-state index contributed by atoms with van der Waals surface area (Å²) in [5, 5.41) is 13.6. The molecule has 98 valence electrons. The first kappa shape index (κ1) is 15.9. The summed E-state index contributed by atoms with van der Waals surface area (Å²) in [5.74, 6) is 0.739. The van der Waals surface area contributed by atoms with Crippen LogP contribution in [0, 0.1) is 5.92 Å². The molecule has 0 aliphatic rings. The summed E-state index contributed by atoms with van der Waals surface area (Å²) >= 11 is 0. The maximum absolute atomic E-state index is 10.2. The lowest BCUT2D eigenvalue weighted by molar-refractivity contribution is 0.0375. The van der Waals surface area contributed by atoms with Crippen LogP contribution >= 0.6 is 0 Å². The Hall–Kier alpha value is -0.0800. The van der Waals surface area contributed by atoms with E-state index in [1.165, 1.54) is 6.42 Å². The minimum Gasteiger partial charge on any atom is -0.390 e. The molecule has 0 saturated carbocycles. The summed E-state index contributed by atoms with van der Waals surface area (Å²) in [7, 11) is 0. The molecule has 0 aliphatic heterocycles. The van der Waals surface area contributed by atoms with Crippen LogP contribution < -0.4 is 5.32 Å². The fourth-order valence-corrected chi connectivity index (χ4v) is 1.72. The molecular weight excluding hydrogens is 198 g/mol. The van der Waals surface area contributed by atoms with E-state index >= 15 is 0 Å². The molecule has 0 radical (unpaired) electrons. The quantitative estimate of drug-likeness (QED) is 0.702. The summed E-state index contributed by atoms with van der Waals surface area (Å²) in [6.45, 7) is 13.8. The van der Waals surface area contributed by atoms with E-state index in [9.17, 15) is 5.11 Å². The van der Waals surface area contributed by atoms with E-state index in [-0.39, 0.29) is 5.54 Å². The second kappa shape index (κ2) is 6.61. The maximum atomic E-state index is 10.2. The van der Waals surface area contributed by atoms with Crippen LogP contribution in [0.1, 0.15) is 67.2 Å². The summed E-state index contributed by atoms with van der Waals surface area (Å²) in [6, 6.07) is 0. The van der Waals surface area contributed by atoms with Crippen molar-refractivity contribution in [2.45, 2.75) is 78.4 Å². The predicted molar refractivity (Wildman–Crippen MR) is 71.7 cm³/mol. The molecule has 2 nitrogen and oxygen atoms in total. The van der Waals surface area contributed by atoms with Gasteiger partial charge >= 0.3 is 0 Å². The third kappa shape index (κ3) is 10.4. The lowest BCUT2D eigenvalue weighted by Crippen LogP contribution is -2.39. The molecule has 0 saturated heterocycles. The zero-order valence-corrected chi connectivity index (χ0v) is 12.1. The smallest absolute Gasteiger partial charge is 0.0631 e. The van der Waals surface area contributed by atoms with E-state index in [1.807, 2.05) is 6.92 Å². The molecule has 2 N–H and O–H groups in total. The molecule has 1 unspecified atom stereocenters. The van der Waals surface area contributed by atoms with Gasteiger partial charge in [0.1, 0.15) is 0 Å². The first-order valence-electron chi connectivity index (χ1n) is 6.60. The first-order chi connectivity index (χ1) is 7.12. The van der Waals surface area contributed by atoms with Gasteiger partial charge in [-0.05, 0) is 53.0 Å². The summed E-state index contributed by atoms with van der Waals surface area (Å²) in [4.78, 5) is 0. The van der Waals surface area contributed by atoms with Crippen molar-refractivity contribution in [3.63, 3.8) is 0 Å². The fraction of sp³-hybridized carbons (Fsp3) is 1.00. The Balaban J connectivity index is 3.70. The van der Waals surface area contributed by atoms with Gasteiger partial charge in [0, 0.05) is 5.54 Å². The Bertz CT molecular complexity index is 180. The van der Waals surface area contributed by atoms with Crippen molar-refractivity contribution in [3.05, 3.63) is 0 Å². The molecule has 0 aromatic rings. The first-order valence-corrected chi connectivity index (χ1v) is 6.60. The highest BCUT2D eigenvalue weighted by Crippen LogP contribution is 2.19. The molecule has 0 spiro atoms. The molecule has 0 fully saturated rings. The number of aliphatic hydroxyl groups is 1. The fourth-order valence-electron chi connectivity index (χ4n) is 1.72. The Labute approximate surface area is 102 Å². The lowest BCUT2D eigenvalue weighted by atomic mass is 9.93. The number of hydrogen-bond acceptors (Lipinski definition) is 2. The highest BCUT2D eigenvalue weighted by atomic mass is 16.3. The Morgan fingerprint density at radius 3 is 2.06 bits per heavy atom. The zero-order valence-electron chi connectivity index (χ0n) is 12.1. The SMILES string of the molecule is CC(C)CCCC(C)(O)CCNC(C)(C)C. The van der Waals surface area contributed by atoms with Gasteiger partial charge < -0.3 is 10.4 Å². The highest BCUT2D eigenvalue weighted by molar-refractivity contribution is 4.77.